The van der Waals surface area contributed by atoms with E-state index in [1.165, 1.54) is 16.8 Å². The second kappa shape index (κ2) is 17.9. The number of imidazole rings is 1. The molecule has 4 nitrogen and oxygen atoms in total. The molecule has 317 valence electrons. The largest absolute Gasteiger partial charge is 0.501 e. The van der Waals surface area contributed by atoms with Gasteiger partial charge >= 0.3 is 0 Å². The van der Waals surface area contributed by atoms with E-state index < -0.39 is 30.4 Å². The van der Waals surface area contributed by atoms with Crippen LogP contribution >= 0.6 is 0 Å². The zero-order valence-corrected chi connectivity index (χ0v) is 38.9. The molecule has 0 spiro atoms. The molecule has 1 radical (unpaired) electrons. The van der Waals surface area contributed by atoms with Crippen LogP contribution < -0.4 is 0 Å². The molecule has 63 heavy (non-hydrogen) atoms. The maximum atomic E-state index is 8.83. The van der Waals surface area contributed by atoms with Crippen LogP contribution in [0.2, 0.25) is 0 Å². The Kier molecular flexibility index (Phi) is 10.1. The second-order valence-electron chi connectivity index (χ2n) is 17.2. The zero-order valence-electron chi connectivity index (χ0n) is 43.5. The second-order valence-corrected chi connectivity index (χ2v) is 17.2. The van der Waals surface area contributed by atoms with Gasteiger partial charge in [0.05, 0.1) is 22.4 Å². The minimum Gasteiger partial charge on any atom is -0.501 e. The average molecular weight is 1010 g/mol. The van der Waals surface area contributed by atoms with Gasteiger partial charge in [-0.05, 0) is 92.1 Å². The first kappa shape index (κ1) is 35.3. The number of furan rings is 1. The third kappa shape index (κ3) is 8.78. The van der Waals surface area contributed by atoms with Gasteiger partial charge in [0.15, 0.2) is 0 Å². The molecule has 0 aliphatic heterocycles. The number of rotatable bonds is 7. The van der Waals surface area contributed by atoms with Crippen LogP contribution in [-0.4, -0.2) is 14.5 Å². The molecule has 5 heteroatoms. The van der Waals surface area contributed by atoms with E-state index in [1.54, 1.807) is 18.3 Å². The van der Waals surface area contributed by atoms with Crippen LogP contribution in [-0.2, 0) is 26.5 Å². The van der Waals surface area contributed by atoms with Gasteiger partial charge in [-0.1, -0.05) is 157 Å². The summed E-state index contributed by atoms with van der Waals surface area (Å²) in [5.41, 5.74) is 10.3. The van der Waals surface area contributed by atoms with Crippen molar-refractivity contribution in [2.75, 3.05) is 0 Å². The Bertz CT molecular complexity index is 3490. The zero-order chi connectivity index (χ0) is 49.3. The summed E-state index contributed by atoms with van der Waals surface area (Å²) in [5.74, 6) is -1.25. The van der Waals surface area contributed by atoms with Crippen LogP contribution in [0.3, 0.4) is 0 Å². The van der Waals surface area contributed by atoms with E-state index >= 15 is 0 Å². The number of nitrogens with zero attached hydrogens (tertiary/aromatic N) is 3. The number of aromatic nitrogens is 3. The molecule has 0 saturated heterocycles. The summed E-state index contributed by atoms with van der Waals surface area (Å²) in [6.45, 7) is 10.9. The molecule has 0 aliphatic rings. The van der Waals surface area contributed by atoms with Crippen molar-refractivity contribution in [3.63, 3.8) is 0 Å². The molecule has 0 aliphatic carbocycles. The summed E-state index contributed by atoms with van der Waals surface area (Å²) in [6.07, 6.45) is 0.378. The van der Waals surface area contributed by atoms with Crippen molar-refractivity contribution < 1.29 is 34.1 Å². The number of para-hydroxylation sites is 3. The van der Waals surface area contributed by atoms with Crippen LogP contribution in [0.4, 0.5) is 0 Å². The summed E-state index contributed by atoms with van der Waals surface area (Å²) in [7, 11) is 0. The van der Waals surface area contributed by atoms with Gasteiger partial charge < -0.3 is 14.0 Å². The Balaban J connectivity index is 0.000000186. The van der Waals surface area contributed by atoms with E-state index in [0.29, 0.717) is 17.0 Å². The molecular formula is C58H53IrN3O-2. The van der Waals surface area contributed by atoms with Gasteiger partial charge in [0, 0.05) is 47.0 Å². The standard InChI is InChI=1S/C32H26NO.C26H27N2.Ir/c1-32(2,3)20-21-11-13-22(14-12-21)24-17-18-33-28(19-24)26-9-6-10-27-30-25-8-5-4-7-23(25)15-16-29(30)34-31(26)27;1-17(2)21-9-8-10-22(18(3)4)25(21)28-24-12-7-6-11-23(24)27-26(28)20-15-13-19(5)14-16-20;/h4-8,10-19H,20H2,1-3H3;6-15,17-18H,1-5H3;/q2*-1;/i20D2;5D3,17D,18D;. The molecule has 0 amide bonds. The molecule has 0 saturated carbocycles. The first-order chi connectivity index (χ1) is 32.5. The van der Waals surface area contributed by atoms with Gasteiger partial charge in [0.25, 0.3) is 0 Å². The average Bonchev–Trinajstić information content (AvgIpc) is 3.90. The predicted molar refractivity (Wildman–Crippen MR) is 260 cm³/mol. The molecule has 10 rings (SSSR count). The van der Waals surface area contributed by atoms with Crippen molar-refractivity contribution in [3.05, 3.63) is 186 Å². The molecule has 3 heterocycles. The molecule has 10 aromatic rings. The minimum atomic E-state index is -2.21. The van der Waals surface area contributed by atoms with Crippen molar-refractivity contribution in [2.24, 2.45) is 5.41 Å². The van der Waals surface area contributed by atoms with Crippen LogP contribution in [0.15, 0.2) is 156 Å². The van der Waals surface area contributed by atoms with E-state index in [-0.39, 0.29) is 25.7 Å². The Hall–Kier alpha value is -6.13. The maximum Gasteiger partial charge on any atom is 0.121 e. The Labute approximate surface area is 395 Å². The Morgan fingerprint density at radius 3 is 2.22 bits per heavy atom. The Morgan fingerprint density at radius 1 is 0.762 bits per heavy atom. The molecule has 0 N–H and O–H groups in total. The summed E-state index contributed by atoms with van der Waals surface area (Å²) >= 11 is 0. The summed E-state index contributed by atoms with van der Waals surface area (Å²) in [6, 6.07) is 53.0. The van der Waals surface area contributed by atoms with Crippen molar-refractivity contribution in [2.45, 2.75) is 73.5 Å². The SMILES string of the molecule is [2H]C([2H])([2H])c1c[c-]c(-c2nc3ccccc3n2-c2c(C([2H])(C)C)cccc2C([2H])(C)C)cc1.[2H]C([2H])(c1ccc(-c2ccnc(-c3[c-]ccc4c3oc3ccc5ccccc5c34)c2)cc1)C(C)(C)C.[Ir]. The number of hydrogen-bond donors (Lipinski definition) is 0. The molecule has 7 aromatic carbocycles. The third-order valence-electron chi connectivity index (χ3n) is 11.0. The molecular weight excluding hydrogens is 947 g/mol. The van der Waals surface area contributed by atoms with Crippen LogP contribution in [0.25, 0.3) is 83.2 Å². The van der Waals surface area contributed by atoms with Gasteiger partial charge in [0.1, 0.15) is 5.58 Å². The fourth-order valence-electron chi connectivity index (χ4n) is 8.22. The normalized spacial score (nSPS) is 14.1. The van der Waals surface area contributed by atoms with E-state index in [1.807, 2.05) is 144 Å². The quantitative estimate of drug-likeness (QED) is 0.149. The monoisotopic (exact) mass is 1010 g/mol. The number of aryl methyl sites for hydroxylation is 1. The number of pyridine rings is 1. The van der Waals surface area contributed by atoms with Crippen molar-refractivity contribution >= 4 is 43.7 Å². The van der Waals surface area contributed by atoms with Crippen LogP contribution in [0, 0.1) is 24.4 Å². The fourth-order valence-corrected chi connectivity index (χ4v) is 8.22. The van der Waals surface area contributed by atoms with Crippen molar-refractivity contribution in [1.82, 2.24) is 14.5 Å². The van der Waals surface area contributed by atoms with Crippen molar-refractivity contribution in [1.29, 1.82) is 0 Å². The first-order valence-corrected chi connectivity index (χ1v) is 21.0. The summed E-state index contributed by atoms with van der Waals surface area (Å²) < 4.78 is 66.1. The van der Waals surface area contributed by atoms with Gasteiger partial charge in [-0.15, -0.1) is 53.6 Å². The van der Waals surface area contributed by atoms with E-state index in [4.69, 9.17) is 19.0 Å². The van der Waals surface area contributed by atoms with E-state index in [9.17, 15) is 0 Å². The topological polar surface area (TPSA) is 43.9 Å². The van der Waals surface area contributed by atoms with E-state index in [2.05, 4.69) is 53.5 Å². The Morgan fingerprint density at radius 2 is 1.51 bits per heavy atom. The maximum absolute atomic E-state index is 8.83. The van der Waals surface area contributed by atoms with Crippen LogP contribution in [0.1, 0.15) is 92.1 Å². The molecule has 0 bridgehead atoms. The van der Waals surface area contributed by atoms with Gasteiger partial charge in [-0.25, -0.2) is 0 Å². The molecule has 0 fully saturated rings. The number of hydrogen-bond acceptors (Lipinski definition) is 3. The smallest absolute Gasteiger partial charge is 0.121 e. The fraction of sp³-hybridized carbons (Fsp3) is 0.207. The number of fused-ring (bicyclic) bond motifs is 6. The van der Waals surface area contributed by atoms with E-state index in [0.717, 1.165) is 72.2 Å². The van der Waals surface area contributed by atoms with Gasteiger partial charge in [-0.3, -0.25) is 4.98 Å². The molecule has 0 atom stereocenters. The van der Waals surface area contributed by atoms with Crippen molar-refractivity contribution in [3.8, 4) is 39.5 Å². The molecule has 3 aromatic heterocycles. The van der Waals surface area contributed by atoms with Gasteiger partial charge in [0.2, 0.25) is 0 Å². The summed E-state index contributed by atoms with van der Waals surface area (Å²) in [4.78, 5) is 9.52. The predicted octanol–water partition coefficient (Wildman–Crippen LogP) is 15.9. The van der Waals surface area contributed by atoms with Crippen LogP contribution in [0.5, 0.6) is 0 Å². The molecule has 0 unspecified atom stereocenters. The minimum absolute atomic E-state index is 0. The summed E-state index contributed by atoms with van der Waals surface area (Å²) in [5, 5.41) is 4.51. The number of benzene rings is 7. The van der Waals surface area contributed by atoms with Gasteiger partial charge in [-0.2, -0.15) is 0 Å². The third-order valence-corrected chi connectivity index (χ3v) is 11.0. The first-order valence-electron chi connectivity index (χ1n) is 24.5.